The SMILES string of the molecule is CC(Cc1c[nH]c2ccccc12)=[N+](C)C. The van der Waals surface area contributed by atoms with Gasteiger partial charge in [-0.2, -0.15) is 0 Å². The highest BCUT2D eigenvalue weighted by Crippen LogP contribution is 2.18. The van der Waals surface area contributed by atoms with Crippen molar-refractivity contribution in [2.24, 2.45) is 0 Å². The van der Waals surface area contributed by atoms with Gasteiger partial charge in [0, 0.05) is 24.0 Å². The molecule has 2 heteroatoms. The Morgan fingerprint density at radius 3 is 2.73 bits per heavy atom. The molecule has 0 saturated heterocycles. The minimum atomic E-state index is 1.01. The number of nitrogens with zero attached hydrogens (tertiary/aromatic N) is 1. The summed E-state index contributed by atoms with van der Waals surface area (Å²) in [6.45, 7) is 2.17. The monoisotopic (exact) mass is 201 g/mol. The molecule has 0 aliphatic heterocycles. The van der Waals surface area contributed by atoms with E-state index in [-0.39, 0.29) is 0 Å². The van der Waals surface area contributed by atoms with Gasteiger partial charge in [0.15, 0.2) is 5.71 Å². The number of fused-ring (bicyclic) bond motifs is 1. The van der Waals surface area contributed by atoms with Gasteiger partial charge in [-0.1, -0.05) is 18.2 Å². The van der Waals surface area contributed by atoms with Crippen LogP contribution in [0.15, 0.2) is 30.5 Å². The van der Waals surface area contributed by atoms with Crippen LogP contribution < -0.4 is 0 Å². The van der Waals surface area contributed by atoms with E-state index in [0.29, 0.717) is 0 Å². The molecule has 1 aromatic carbocycles. The van der Waals surface area contributed by atoms with Crippen LogP contribution in [0.3, 0.4) is 0 Å². The summed E-state index contributed by atoms with van der Waals surface area (Å²) in [5.74, 6) is 0. The predicted octanol–water partition coefficient (Wildman–Crippen LogP) is 2.44. The quantitative estimate of drug-likeness (QED) is 0.568. The Morgan fingerprint density at radius 2 is 2.00 bits per heavy atom. The van der Waals surface area contributed by atoms with Crippen molar-refractivity contribution in [3.63, 3.8) is 0 Å². The van der Waals surface area contributed by atoms with Crippen molar-refractivity contribution in [1.82, 2.24) is 4.98 Å². The Balaban J connectivity index is 2.41. The smallest absolute Gasteiger partial charge is 0.153 e. The summed E-state index contributed by atoms with van der Waals surface area (Å²) in [6, 6.07) is 8.43. The lowest BCUT2D eigenvalue weighted by atomic mass is 10.1. The van der Waals surface area contributed by atoms with Gasteiger partial charge < -0.3 is 4.98 Å². The Morgan fingerprint density at radius 1 is 1.27 bits per heavy atom. The molecule has 0 amide bonds. The highest BCUT2D eigenvalue weighted by Gasteiger charge is 2.07. The van der Waals surface area contributed by atoms with Crippen molar-refractivity contribution in [2.75, 3.05) is 14.1 Å². The molecule has 1 aromatic heterocycles. The fourth-order valence-electron chi connectivity index (χ4n) is 1.71. The predicted molar refractivity (Wildman–Crippen MR) is 64.8 cm³/mol. The number of nitrogens with one attached hydrogen (secondary N) is 1. The normalized spacial score (nSPS) is 10.6. The second-order valence-corrected chi connectivity index (χ2v) is 4.17. The molecule has 2 rings (SSSR count). The summed E-state index contributed by atoms with van der Waals surface area (Å²) < 4.78 is 2.17. The third kappa shape index (κ3) is 1.94. The zero-order chi connectivity index (χ0) is 10.8. The molecular weight excluding hydrogens is 184 g/mol. The number of hydrogen-bond acceptors (Lipinski definition) is 0. The molecule has 0 fully saturated rings. The summed E-state index contributed by atoms with van der Waals surface area (Å²) in [6.07, 6.45) is 3.12. The molecule has 2 nitrogen and oxygen atoms in total. The molecule has 0 spiro atoms. The molecule has 78 valence electrons. The second kappa shape index (κ2) is 3.89. The number of rotatable bonds is 2. The van der Waals surface area contributed by atoms with Crippen LogP contribution in [0.25, 0.3) is 10.9 Å². The van der Waals surface area contributed by atoms with Gasteiger partial charge >= 0.3 is 0 Å². The highest BCUT2D eigenvalue weighted by molar-refractivity contribution is 5.89. The number of para-hydroxylation sites is 1. The first-order valence-corrected chi connectivity index (χ1v) is 5.23. The van der Waals surface area contributed by atoms with E-state index in [1.807, 2.05) is 0 Å². The van der Waals surface area contributed by atoms with Crippen LogP contribution in [-0.2, 0) is 6.42 Å². The van der Waals surface area contributed by atoms with Crippen molar-refractivity contribution < 1.29 is 4.58 Å². The third-order valence-corrected chi connectivity index (χ3v) is 2.88. The van der Waals surface area contributed by atoms with E-state index in [4.69, 9.17) is 0 Å². The molecule has 0 saturated carbocycles. The summed E-state index contributed by atoms with van der Waals surface area (Å²) in [4.78, 5) is 3.30. The maximum absolute atomic E-state index is 3.30. The van der Waals surface area contributed by atoms with Gasteiger partial charge in [0.05, 0.1) is 6.42 Å². The molecular formula is C13H17N2+. The summed E-state index contributed by atoms with van der Waals surface area (Å²) in [5, 5.41) is 1.33. The first-order chi connectivity index (χ1) is 7.18. The lowest BCUT2D eigenvalue weighted by Crippen LogP contribution is -2.11. The van der Waals surface area contributed by atoms with Crippen LogP contribution in [0.2, 0.25) is 0 Å². The van der Waals surface area contributed by atoms with Gasteiger partial charge in [0.2, 0.25) is 0 Å². The number of aromatic amines is 1. The molecule has 0 unspecified atom stereocenters. The minimum Gasteiger partial charge on any atom is -0.361 e. The average Bonchev–Trinajstić information content (AvgIpc) is 2.62. The van der Waals surface area contributed by atoms with E-state index in [9.17, 15) is 0 Å². The van der Waals surface area contributed by atoms with Crippen LogP contribution in [0.1, 0.15) is 12.5 Å². The second-order valence-electron chi connectivity index (χ2n) is 4.17. The zero-order valence-electron chi connectivity index (χ0n) is 9.54. The number of benzene rings is 1. The first-order valence-electron chi connectivity index (χ1n) is 5.23. The van der Waals surface area contributed by atoms with Gasteiger partial charge in [-0.3, -0.25) is 0 Å². The molecule has 0 aliphatic carbocycles. The lowest BCUT2D eigenvalue weighted by molar-refractivity contribution is -0.466. The summed E-state index contributed by atoms with van der Waals surface area (Å²) >= 11 is 0. The number of H-pyrrole nitrogens is 1. The van der Waals surface area contributed by atoms with E-state index in [1.165, 1.54) is 22.2 Å². The Hall–Kier alpha value is -1.57. The van der Waals surface area contributed by atoms with Crippen LogP contribution in [0, 0.1) is 0 Å². The molecule has 0 radical (unpaired) electrons. The number of aromatic nitrogens is 1. The fourth-order valence-corrected chi connectivity index (χ4v) is 1.71. The van der Waals surface area contributed by atoms with E-state index in [2.05, 4.69) is 61.0 Å². The van der Waals surface area contributed by atoms with Gasteiger partial charge in [0.1, 0.15) is 14.1 Å². The summed E-state index contributed by atoms with van der Waals surface area (Å²) in [7, 11) is 4.17. The fraction of sp³-hybridized carbons (Fsp3) is 0.308. The van der Waals surface area contributed by atoms with Crippen LogP contribution >= 0.6 is 0 Å². The largest absolute Gasteiger partial charge is 0.361 e. The van der Waals surface area contributed by atoms with Gasteiger partial charge in [0.25, 0.3) is 0 Å². The first kappa shape index (κ1) is 9.97. The van der Waals surface area contributed by atoms with Crippen molar-refractivity contribution in [3.05, 3.63) is 36.0 Å². The van der Waals surface area contributed by atoms with Crippen LogP contribution in [-0.4, -0.2) is 29.4 Å². The van der Waals surface area contributed by atoms with Gasteiger partial charge in [-0.25, -0.2) is 4.58 Å². The van der Waals surface area contributed by atoms with E-state index in [1.54, 1.807) is 0 Å². The maximum Gasteiger partial charge on any atom is 0.153 e. The average molecular weight is 201 g/mol. The van der Waals surface area contributed by atoms with E-state index < -0.39 is 0 Å². The molecule has 0 atom stereocenters. The number of hydrogen-bond donors (Lipinski definition) is 1. The van der Waals surface area contributed by atoms with Crippen molar-refractivity contribution in [1.29, 1.82) is 0 Å². The van der Waals surface area contributed by atoms with Gasteiger partial charge in [-0.05, 0) is 11.6 Å². The van der Waals surface area contributed by atoms with Gasteiger partial charge in [-0.15, -0.1) is 0 Å². The Bertz CT molecular complexity index is 502. The highest BCUT2D eigenvalue weighted by atomic mass is 14.9. The van der Waals surface area contributed by atoms with Crippen LogP contribution in [0.4, 0.5) is 0 Å². The Kier molecular flexibility index (Phi) is 2.58. The molecule has 1 heterocycles. The minimum absolute atomic E-state index is 1.01. The molecule has 0 aliphatic rings. The molecule has 1 N–H and O–H groups in total. The van der Waals surface area contributed by atoms with E-state index >= 15 is 0 Å². The van der Waals surface area contributed by atoms with Crippen LogP contribution in [0.5, 0.6) is 0 Å². The topological polar surface area (TPSA) is 18.8 Å². The molecule has 2 aromatic rings. The van der Waals surface area contributed by atoms with E-state index in [0.717, 1.165) is 6.42 Å². The maximum atomic E-state index is 3.30. The third-order valence-electron chi connectivity index (χ3n) is 2.88. The van der Waals surface area contributed by atoms with Crippen molar-refractivity contribution in [2.45, 2.75) is 13.3 Å². The molecule has 0 bridgehead atoms. The van der Waals surface area contributed by atoms with Crippen molar-refractivity contribution >= 4 is 16.6 Å². The lowest BCUT2D eigenvalue weighted by Gasteiger charge is -1.97. The Labute approximate surface area is 90.3 Å². The summed E-state index contributed by atoms with van der Waals surface area (Å²) in [5.41, 5.74) is 3.97. The molecule has 15 heavy (non-hydrogen) atoms. The van der Waals surface area contributed by atoms with Crippen molar-refractivity contribution in [3.8, 4) is 0 Å². The standard InChI is InChI=1S/C13H17N2/c1-10(15(2)3)8-11-9-14-13-7-5-4-6-12(11)13/h4-7,9,14H,8H2,1-3H3/q+1. The zero-order valence-corrected chi connectivity index (χ0v) is 9.54.